The second-order valence-electron chi connectivity index (χ2n) is 5.06. The van der Waals surface area contributed by atoms with Gasteiger partial charge >= 0.3 is 0 Å². The third-order valence-corrected chi connectivity index (χ3v) is 3.13. The molecule has 5 nitrogen and oxygen atoms in total. The SMILES string of the molecule is C[C@H](N)C(=O)CC(C)(O)C(=O)N1CCCCC1. The minimum atomic E-state index is -1.62. The Bertz CT molecular complexity index is 294. The number of Topliss-reactive ketones (excluding diaryl/α,β-unsaturated/α-hetero) is 1. The monoisotopic (exact) mass is 242 g/mol. The Kier molecular flexibility index (Phi) is 4.65. The molecule has 0 saturated carbocycles. The third kappa shape index (κ3) is 3.78. The predicted molar refractivity (Wildman–Crippen MR) is 64.3 cm³/mol. The van der Waals surface area contributed by atoms with Gasteiger partial charge in [0.15, 0.2) is 5.78 Å². The first-order valence-corrected chi connectivity index (χ1v) is 6.14. The number of nitrogens with two attached hydrogens (primary N) is 1. The maximum atomic E-state index is 12.1. The van der Waals surface area contributed by atoms with Crippen molar-refractivity contribution in [3.05, 3.63) is 0 Å². The van der Waals surface area contributed by atoms with Gasteiger partial charge in [-0.05, 0) is 33.1 Å². The summed E-state index contributed by atoms with van der Waals surface area (Å²) in [7, 11) is 0. The van der Waals surface area contributed by atoms with Crippen molar-refractivity contribution in [3.63, 3.8) is 0 Å². The number of carbonyl (C=O) groups excluding carboxylic acids is 2. The summed E-state index contributed by atoms with van der Waals surface area (Å²) < 4.78 is 0. The smallest absolute Gasteiger partial charge is 0.254 e. The molecule has 1 unspecified atom stereocenters. The highest BCUT2D eigenvalue weighted by Crippen LogP contribution is 2.18. The lowest BCUT2D eigenvalue weighted by Crippen LogP contribution is -2.51. The molecule has 1 saturated heterocycles. The molecule has 1 rings (SSSR count). The Morgan fingerprint density at radius 1 is 1.35 bits per heavy atom. The van der Waals surface area contributed by atoms with Crippen LogP contribution < -0.4 is 5.73 Å². The minimum Gasteiger partial charge on any atom is -0.380 e. The highest BCUT2D eigenvalue weighted by atomic mass is 16.3. The number of carbonyl (C=O) groups is 2. The highest BCUT2D eigenvalue weighted by Gasteiger charge is 2.37. The van der Waals surface area contributed by atoms with Crippen LogP contribution in [-0.4, -0.2) is 46.4 Å². The molecule has 1 aliphatic rings. The summed E-state index contributed by atoms with van der Waals surface area (Å²) in [5.74, 6) is -0.647. The number of likely N-dealkylation sites (tertiary alicyclic amines) is 1. The van der Waals surface area contributed by atoms with E-state index < -0.39 is 11.6 Å². The van der Waals surface area contributed by atoms with Gasteiger partial charge in [-0.2, -0.15) is 0 Å². The molecule has 0 bridgehead atoms. The molecule has 5 heteroatoms. The minimum absolute atomic E-state index is 0.208. The standard InChI is InChI=1S/C12H22N2O3/c1-9(13)10(15)8-12(2,17)11(16)14-6-4-3-5-7-14/h9,17H,3-8,13H2,1-2H3/t9-,12?/m0/s1. The van der Waals surface area contributed by atoms with Crippen LogP contribution in [0.3, 0.4) is 0 Å². The molecule has 3 N–H and O–H groups in total. The van der Waals surface area contributed by atoms with Crippen LogP contribution in [-0.2, 0) is 9.59 Å². The van der Waals surface area contributed by atoms with Crippen molar-refractivity contribution in [2.45, 2.75) is 51.2 Å². The van der Waals surface area contributed by atoms with Crippen molar-refractivity contribution in [2.24, 2.45) is 5.73 Å². The van der Waals surface area contributed by atoms with Crippen LogP contribution in [0, 0.1) is 0 Å². The Balaban J connectivity index is 2.61. The van der Waals surface area contributed by atoms with E-state index >= 15 is 0 Å². The third-order valence-electron chi connectivity index (χ3n) is 3.13. The number of hydrogen-bond acceptors (Lipinski definition) is 4. The molecule has 0 aromatic rings. The van der Waals surface area contributed by atoms with Gasteiger partial charge in [-0.3, -0.25) is 9.59 Å². The van der Waals surface area contributed by atoms with E-state index in [1.807, 2.05) is 0 Å². The van der Waals surface area contributed by atoms with Crippen LogP contribution in [0.1, 0.15) is 39.5 Å². The summed E-state index contributed by atoms with van der Waals surface area (Å²) in [6.45, 7) is 4.29. The van der Waals surface area contributed by atoms with Crippen molar-refractivity contribution >= 4 is 11.7 Å². The van der Waals surface area contributed by atoms with Crippen LogP contribution >= 0.6 is 0 Å². The lowest BCUT2D eigenvalue weighted by Gasteiger charge is -2.33. The fraction of sp³-hybridized carbons (Fsp3) is 0.833. The first-order valence-electron chi connectivity index (χ1n) is 6.14. The number of nitrogens with zero attached hydrogens (tertiary/aromatic N) is 1. The first-order chi connectivity index (χ1) is 7.84. The van der Waals surface area contributed by atoms with Gasteiger partial charge in [0.05, 0.1) is 6.04 Å². The zero-order valence-electron chi connectivity index (χ0n) is 10.6. The van der Waals surface area contributed by atoms with Crippen LogP contribution in [0.2, 0.25) is 0 Å². The van der Waals surface area contributed by atoms with Crippen molar-refractivity contribution in [1.29, 1.82) is 0 Å². The Morgan fingerprint density at radius 3 is 2.35 bits per heavy atom. The molecular weight excluding hydrogens is 220 g/mol. The van der Waals surface area contributed by atoms with Crippen LogP contribution in [0.25, 0.3) is 0 Å². The van der Waals surface area contributed by atoms with Gasteiger partial charge in [-0.1, -0.05) is 0 Å². The van der Waals surface area contributed by atoms with Gasteiger partial charge in [-0.25, -0.2) is 0 Å². The molecular formula is C12H22N2O3. The maximum absolute atomic E-state index is 12.1. The van der Waals surface area contributed by atoms with E-state index in [2.05, 4.69) is 0 Å². The topological polar surface area (TPSA) is 83.6 Å². The van der Waals surface area contributed by atoms with Crippen molar-refractivity contribution in [1.82, 2.24) is 4.90 Å². The number of ketones is 1. The normalized spacial score (nSPS) is 21.8. The molecule has 0 radical (unpaired) electrons. The van der Waals surface area contributed by atoms with Gasteiger partial charge in [0.2, 0.25) is 0 Å². The maximum Gasteiger partial charge on any atom is 0.254 e. The quantitative estimate of drug-likeness (QED) is 0.730. The molecule has 98 valence electrons. The zero-order chi connectivity index (χ0) is 13.1. The highest BCUT2D eigenvalue weighted by molar-refractivity contribution is 5.93. The molecule has 0 aliphatic carbocycles. The van der Waals surface area contributed by atoms with Crippen LogP contribution in [0.5, 0.6) is 0 Å². The van der Waals surface area contributed by atoms with E-state index in [0.29, 0.717) is 13.1 Å². The molecule has 2 atom stereocenters. The number of piperidine rings is 1. The Hall–Kier alpha value is -0.940. The molecule has 0 aromatic heterocycles. The molecule has 1 amide bonds. The zero-order valence-corrected chi connectivity index (χ0v) is 10.6. The van der Waals surface area contributed by atoms with Gasteiger partial charge in [0.1, 0.15) is 5.60 Å². The summed E-state index contributed by atoms with van der Waals surface area (Å²) >= 11 is 0. The lowest BCUT2D eigenvalue weighted by atomic mass is 9.94. The summed E-state index contributed by atoms with van der Waals surface area (Å²) in [4.78, 5) is 25.2. The van der Waals surface area contributed by atoms with Crippen molar-refractivity contribution in [2.75, 3.05) is 13.1 Å². The average molecular weight is 242 g/mol. The number of amides is 1. The Morgan fingerprint density at radius 2 is 1.88 bits per heavy atom. The number of rotatable bonds is 4. The molecule has 0 spiro atoms. The van der Waals surface area contributed by atoms with E-state index in [-0.39, 0.29) is 18.1 Å². The van der Waals surface area contributed by atoms with E-state index in [4.69, 9.17) is 5.73 Å². The Labute approximate surface area is 102 Å². The largest absolute Gasteiger partial charge is 0.380 e. The summed E-state index contributed by atoms with van der Waals surface area (Å²) in [5, 5.41) is 10.1. The van der Waals surface area contributed by atoms with E-state index in [0.717, 1.165) is 19.3 Å². The first kappa shape index (κ1) is 14.1. The average Bonchev–Trinajstić information content (AvgIpc) is 2.28. The van der Waals surface area contributed by atoms with E-state index in [1.165, 1.54) is 6.92 Å². The summed E-state index contributed by atoms with van der Waals surface area (Å²) in [5.41, 5.74) is 3.81. The fourth-order valence-electron chi connectivity index (χ4n) is 2.01. The predicted octanol–water partition coefficient (Wildman–Crippen LogP) is 0.0563. The van der Waals surface area contributed by atoms with Gasteiger partial charge in [0.25, 0.3) is 5.91 Å². The van der Waals surface area contributed by atoms with E-state index in [9.17, 15) is 14.7 Å². The van der Waals surface area contributed by atoms with Crippen LogP contribution in [0.15, 0.2) is 0 Å². The van der Waals surface area contributed by atoms with Crippen molar-refractivity contribution < 1.29 is 14.7 Å². The second-order valence-corrected chi connectivity index (χ2v) is 5.06. The molecule has 0 aromatic carbocycles. The molecule has 17 heavy (non-hydrogen) atoms. The van der Waals surface area contributed by atoms with Gasteiger partial charge in [0, 0.05) is 19.5 Å². The molecule has 1 heterocycles. The molecule has 1 fully saturated rings. The van der Waals surface area contributed by atoms with Gasteiger partial charge in [-0.15, -0.1) is 0 Å². The van der Waals surface area contributed by atoms with Crippen LogP contribution in [0.4, 0.5) is 0 Å². The number of hydrogen-bond donors (Lipinski definition) is 2. The van der Waals surface area contributed by atoms with Crippen molar-refractivity contribution in [3.8, 4) is 0 Å². The summed E-state index contributed by atoms with van der Waals surface area (Å²) in [6.07, 6.45) is 2.83. The summed E-state index contributed by atoms with van der Waals surface area (Å²) in [6, 6.07) is -0.643. The second kappa shape index (κ2) is 5.60. The lowest BCUT2D eigenvalue weighted by molar-refractivity contribution is -0.153. The van der Waals surface area contributed by atoms with Gasteiger partial charge < -0.3 is 15.7 Å². The molecule has 1 aliphatic heterocycles. The fourth-order valence-corrected chi connectivity index (χ4v) is 2.01. The number of aliphatic hydroxyl groups is 1. The van der Waals surface area contributed by atoms with E-state index in [1.54, 1.807) is 11.8 Å².